The van der Waals surface area contributed by atoms with Crippen molar-refractivity contribution in [1.29, 1.82) is 0 Å². The van der Waals surface area contributed by atoms with E-state index in [0.717, 1.165) is 60.6 Å². The minimum Gasteiger partial charge on any atom is -0.496 e. The van der Waals surface area contributed by atoms with Crippen LogP contribution in [-0.4, -0.2) is 42.9 Å². The summed E-state index contributed by atoms with van der Waals surface area (Å²) in [7, 11) is 1.69. The molecule has 0 unspecified atom stereocenters. The second-order valence-corrected chi connectivity index (χ2v) is 5.70. The van der Waals surface area contributed by atoms with Gasteiger partial charge >= 0.3 is 0 Å². The van der Waals surface area contributed by atoms with Gasteiger partial charge in [-0.2, -0.15) is 0 Å². The largest absolute Gasteiger partial charge is 0.496 e. The number of ether oxygens (including phenoxy) is 2. The summed E-state index contributed by atoms with van der Waals surface area (Å²) in [6.45, 7) is 6.83. The van der Waals surface area contributed by atoms with Gasteiger partial charge in [0.25, 0.3) is 0 Å². The van der Waals surface area contributed by atoms with Crippen molar-refractivity contribution in [2.75, 3.05) is 31.8 Å². The van der Waals surface area contributed by atoms with E-state index in [0.29, 0.717) is 6.04 Å². The van der Waals surface area contributed by atoms with Gasteiger partial charge in [0, 0.05) is 24.1 Å². The molecular weight excluding hydrogens is 278 g/mol. The third-order valence-electron chi connectivity index (χ3n) is 4.29. The lowest BCUT2D eigenvalue weighted by atomic mass is 10.1. The number of hydrogen-bond donors (Lipinski definition) is 0. The summed E-state index contributed by atoms with van der Waals surface area (Å²) in [6.07, 6.45) is 3.79. The van der Waals surface area contributed by atoms with Crippen molar-refractivity contribution in [3.8, 4) is 5.75 Å². The Hall–Kier alpha value is -1.88. The van der Waals surface area contributed by atoms with E-state index in [2.05, 4.69) is 27.9 Å². The standard InChI is InChI=1S/C17H23N3O2/c1-4-8-20(13-7-9-22-10-13)17-14-5-6-15(21-3)12(2)16(14)18-11-19-17/h5-6,11,13H,4,7-10H2,1-3H3/t13-/m1/s1. The zero-order valence-electron chi connectivity index (χ0n) is 13.5. The Labute approximate surface area is 131 Å². The number of benzene rings is 1. The Bertz CT molecular complexity index is 654. The van der Waals surface area contributed by atoms with E-state index in [-0.39, 0.29) is 0 Å². The Morgan fingerprint density at radius 1 is 1.36 bits per heavy atom. The summed E-state index contributed by atoms with van der Waals surface area (Å²) in [5.74, 6) is 1.87. The molecule has 3 rings (SSSR count). The third-order valence-corrected chi connectivity index (χ3v) is 4.29. The van der Waals surface area contributed by atoms with Crippen molar-refractivity contribution < 1.29 is 9.47 Å². The highest BCUT2D eigenvalue weighted by atomic mass is 16.5. The smallest absolute Gasteiger partial charge is 0.140 e. The Morgan fingerprint density at radius 2 is 2.23 bits per heavy atom. The summed E-state index contributed by atoms with van der Waals surface area (Å²) >= 11 is 0. The number of methoxy groups -OCH3 is 1. The molecule has 0 amide bonds. The maximum Gasteiger partial charge on any atom is 0.140 e. The lowest BCUT2D eigenvalue weighted by Gasteiger charge is -2.29. The molecule has 5 heteroatoms. The average Bonchev–Trinajstić information content (AvgIpc) is 3.07. The molecule has 118 valence electrons. The molecule has 1 aliphatic rings. The van der Waals surface area contributed by atoms with Crippen molar-refractivity contribution in [3.63, 3.8) is 0 Å². The lowest BCUT2D eigenvalue weighted by molar-refractivity contribution is 0.193. The fourth-order valence-electron chi connectivity index (χ4n) is 3.16. The summed E-state index contributed by atoms with van der Waals surface area (Å²) in [5.41, 5.74) is 2.02. The second kappa shape index (κ2) is 6.48. The molecule has 1 aromatic carbocycles. The zero-order chi connectivity index (χ0) is 15.5. The van der Waals surface area contributed by atoms with E-state index in [4.69, 9.17) is 9.47 Å². The molecule has 5 nitrogen and oxygen atoms in total. The molecule has 0 N–H and O–H groups in total. The SMILES string of the molecule is CCCN(c1ncnc2c(C)c(OC)ccc12)[C@@H]1CCOC1. The molecule has 2 heterocycles. The molecule has 0 spiro atoms. The van der Waals surface area contributed by atoms with E-state index in [9.17, 15) is 0 Å². The maximum atomic E-state index is 5.57. The molecule has 0 radical (unpaired) electrons. The number of fused-ring (bicyclic) bond motifs is 1. The first-order valence-corrected chi connectivity index (χ1v) is 7.89. The average molecular weight is 301 g/mol. The maximum absolute atomic E-state index is 5.57. The van der Waals surface area contributed by atoms with Crippen molar-refractivity contribution in [3.05, 3.63) is 24.0 Å². The first-order chi connectivity index (χ1) is 10.8. The molecule has 1 aliphatic heterocycles. The van der Waals surface area contributed by atoms with Gasteiger partial charge in [-0.05, 0) is 31.9 Å². The summed E-state index contributed by atoms with van der Waals surface area (Å²) in [4.78, 5) is 11.4. The third kappa shape index (κ3) is 2.61. The van der Waals surface area contributed by atoms with Crippen molar-refractivity contribution >= 4 is 16.7 Å². The fourth-order valence-corrected chi connectivity index (χ4v) is 3.16. The predicted molar refractivity (Wildman–Crippen MR) is 87.7 cm³/mol. The molecule has 0 bridgehead atoms. The molecule has 1 aromatic heterocycles. The van der Waals surface area contributed by atoms with E-state index >= 15 is 0 Å². The van der Waals surface area contributed by atoms with Crippen LogP contribution in [-0.2, 0) is 4.74 Å². The van der Waals surface area contributed by atoms with Crippen molar-refractivity contribution in [2.45, 2.75) is 32.7 Å². The zero-order valence-corrected chi connectivity index (χ0v) is 13.5. The van der Waals surface area contributed by atoms with Crippen LogP contribution in [0.15, 0.2) is 18.5 Å². The van der Waals surface area contributed by atoms with Crippen molar-refractivity contribution in [2.24, 2.45) is 0 Å². The van der Waals surface area contributed by atoms with E-state index in [1.54, 1.807) is 13.4 Å². The van der Waals surface area contributed by atoms with Crippen LogP contribution < -0.4 is 9.64 Å². The lowest BCUT2D eigenvalue weighted by Crippen LogP contribution is -2.37. The Kier molecular flexibility index (Phi) is 4.43. The van der Waals surface area contributed by atoms with Gasteiger partial charge in [0.1, 0.15) is 17.9 Å². The molecule has 1 fully saturated rings. The van der Waals surface area contributed by atoms with Gasteiger partial charge < -0.3 is 14.4 Å². The van der Waals surface area contributed by atoms with Crippen LogP contribution in [0.1, 0.15) is 25.3 Å². The molecule has 2 aromatic rings. The van der Waals surface area contributed by atoms with Crippen LogP contribution in [0.2, 0.25) is 0 Å². The number of aromatic nitrogens is 2. The number of aryl methyl sites for hydroxylation is 1. The minimum atomic E-state index is 0.403. The van der Waals surface area contributed by atoms with Gasteiger partial charge in [-0.1, -0.05) is 6.92 Å². The van der Waals surface area contributed by atoms with Crippen LogP contribution in [0.4, 0.5) is 5.82 Å². The molecule has 1 atom stereocenters. The van der Waals surface area contributed by atoms with Crippen LogP contribution in [0.25, 0.3) is 10.9 Å². The van der Waals surface area contributed by atoms with Crippen molar-refractivity contribution in [1.82, 2.24) is 9.97 Å². The first kappa shape index (κ1) is 15.0. The van der Waals surface area contributed by atoms with E-state index < -0.39 is 0 Å². The molecule has 0 saturated carbocycles. The Morgan fingerprint density at radius 3 is 2.91 bits per heavy atom. The van der Waals surface area contributed by atoms with Gasteiger partial charge in [0.2, 0.25) is 0 Å². The minimum absolute atomic E-state index is 0.403. The molecular formula is C17H23N3O2. The highest BCUT2D eigenvalue weighted by molar-refractivity contribution is 5.92. The van der Waals surface area contributed by atoms with E-state index in [1.165, 1.54) is 0 Å². The second-order valence-electron chi connectivity index (χ2n) is 5.70. The normalized spacial score (nSPS) is 17.9. The number of anilines is 1. The molecule has 1 saturated heterocycles. The van der Waals surface area contributed by atoms with Crippen LogP contribution in [0, 0.1) is 6.92 Å². The highest BCUT2D eigenvalue weighted by Gasteiger charge is 2.25. The van der Waals surface area contributed by atoms with Gasteiger partial charge in [0.05, 0.1) is 25.3 Å². The van der Waals surface area contributed by atoms with Crippen LogP contribution in [0.5, 0.6) is 5.75 Å². The number of rotatable bonds is 5. The van der Waals surface area contributed by atoms with Crippen LogP contribution in [0.3, 0.4) is 0 Å². The van der Waals surface area contributed by atoms with Gasteiger partial charge in [-0.15, -0.1) is 0 Å². The van der Waals surface area contributed by atoms with Gasteiger partial charge in [-0.25, -0.2) is 9.97 Å². The predicted octanol–water partition coefficient (Wildman–Crippen LogP) is 2.95. The number of hydrogen-bond acceptors (Lipinski definition) is 5. The molecule has 0 aliphatic carbocycles. The summed E-state index contributed by atoms with van der Waals surface area (Å²) in [5, 5.41) is 1.08. The first-order valence-electron chi connectivity index (χ1n) is 7.89. The fraction of sp³-hybridized carbons (Fsp3) is 0.529. The van der Waals surface area contributed by atoms with Gasteiger partial charge in [-0.3, -0.25) is 0 Å². The van der Waals surface area contributed by atoms with Gasteiger partial charge in [0.15, 0.2) is 0 Å². The van der Waals surface area contributed by atoms with E-state index in [1.807, 2.05) is 13.0 Å². The Balaban J connectivity index is 2.10. The number of nitrogens with zero attached hydrogens (tertiary/aromatic N) is 3. The molecule has 22 heavy (non-hydrogen) atoms. The topological polar surface area (TPSA) is 47.5 Å². The quantitative estimate of drug-likeness (QED) is 0.849. The highest BCUT2D eigenvalue weighted by Crippen LogP contribution is 2.32. The monoisotopic (exact) mass is 301 g/mol. The summed E-state index contributed by atoms with van der Waals surface area (Å²) < 4.78 is 11.0. The van der Waals surface area contributed by atoms with Crippen LogP contribution >= 0.6 is 0 Å². The summed E-state index contributed by atoms with van der Waals surface area (Å²) in [6, 6.07) is 4.47.